The van der Waals surface area contributed by atoms with Gasteiger partial charge in [-0.05, 0) is 22.0 Å². The fourth-order valence-corrected chi connectivity index (χ4v) is 3.35. The first kappa shape index (κ1) is 10.5. The first-order valence-electron chi connectivity index (χ1n) is 5.26. The molecule has 0 aliphatic carbocycles. The molecule has 1 saturated heterocycles. The number of aromatic nitrogens is 2. The van der Waals surface area contributed by atoms with Crippen LogP contribution in [0.3, 0.4) is 0 Å². The molecule has 1 aliphatic heterocycles. The van der Waals surface area contributed by atoms with Crippen molar-refractivity contribution >= 4 is 27.3 Å². The zero-order valence-corrected chi connectivity index (χ0v) is 11.1. The van der Waals surface area contributed by atoms with Gasteiger partial charge in [0.05, 0.1) is 12.9 Å². The molecule has 0 bridgehead atoms. The average molecular weight is 298 g/mol. The van der Waals surface area contributed by atoms with Crippen molar-refractivity contribution in [3.05, 3.63) is 39.0 Å². The number of halogens is 1. The van der Waals surface area contributed by atoms with Crippen molar-refractivity contribution in [1.29, 1.82) is 0 Å². The lowest BCUT2D eigenvalue weighted by molar-refractivity contribution is 0.427. The molecule has 0 spiro atoms. The number of nitrogens with one attached hydrogen (secondary N) is 1. The van der Waals surface area contributed by atoms with Crippen LogP contribution in [-0.2, 0) is 6.54 Å². The van der Waals surface area contributed by atoms with Gasteiger partial charge in [-0.15, -0.1) is 11.3 Å². The van der Waals surface area contributed by atoms with Crippen LogP contribution in [0.1, 0.15) is 16.5 Å². The van der Waals surface area contributed by atoms with Crippen LogP contribution in [0, 0.1) is 0 Å². The van der Waals surface area contributed by atoms with Crippen molar-refractivity contribution in [2.45, 2.75) is 12.5 Å². The number of thiophene rings is 1. The summed E-state index contributed by atoms with van der Waals surface area (Å²) in [7, 11) is 0. The van der Waals surface area contributed by atoms with E-state index in [9.17, 15) is 0 Å². The number of nitrogens with zero attached hydrogens (tertiary/aromatic N) is 2. The molecule has 2 aromatic rings. The van der Waals surface area contributed by atoms with Crippen molar-refractivity contribution in [3.8, 4) is 0 Å². The van der Waals surface area contributed by atoms with Crippen molar-refractivity contribution in [2.75, 3.05) is 13.1 Å². The van der Waals surface area contributed by atoms with Crippen LogP contribution in [0.5, 0.6) is 0 Å². The predicted octanol–water partition coefficient (Wildman–Crippen LogP) is 2.44. The Morgan fingerprint density at radius 3 is 3.06 bits per heavy atom. The van der Waals surface area contributed by atoms with Crippen molar-refractivity contribution in [2.24, 2.45) is 0 Å². The monoisotopic (exact) mass is 297 g/mol. The van der Waals surface area contributed by atoms with Crippen LogP contribution in [0.25, 0.3) is 0 Å². The summed E-state index contributed by atoms with van der Waals surface area (Å²) in [5.41, 5.74) is 1.35. The largest absolute Gasteiger partial charge is 0.329 e. The highest BCUT2D eigenvalue weighted by Gasteiger charge is 2.22. The number of rotatable bonds is 3. The average Bonchev–Trinajstić information content (AvgIpc) is 2.75. The summed E-state index contributed by atoms with van der Waals surface area (Å²) < 4.78 is 3.42. The van der Waals surface area contributed by atoms with E-state index < -0.39 is 0 Å². The summed E-state index contributed by atoms with van der Waals surface area (Å²) in [6.07, 6.45) is 3.93. The highest BCUT2D eigenvalue weighted by Crippen LogP contribution is 2.24. The van der Waals surface area contributed by atoms with E-state index in [4.69, 9.17) is 0 Å². The van der Waals surface area contributed by atoms with Crippen LogP contribution in [0.4, 0.5) is 0 Å². The van der Waals surface area contributed by atoms with Crippen molar-refractivity contribution < 1.29 is 0 Å². The molecule has 1 aliphatic rings. The van der Waals surface area contributed by atoms with Crippen LogP contribution >= 0.6 is 27.3 Å². The molecule has 0 atom stereocenters. The number of imidazole rings is 1. The highest BCUT2D eigenvalue weighted by molar-refractivity contribution is 9.10. The Labute approximate surface area is 107 Å². The third kappa shape index (κ3) is 1.95. The van der Waals surface area contributed by atoms with Gasteiger partial charge < -0.3 is 9.88 Å². The zero-order valence-electron chi connectivity index (χ0n) is 8.69. The molecule has 2 aromatic heterocycles. The second-order valence-electron chi connectivity index (χ2n) is 4.03. The van der Waals surface area contributed by atoms with Crippen molar-refractivity contribution in [3.63, 3.8) is 0 Å². The summed E-state index contributed by atoms with van der Waals surface area (Å²) in [4.78, 5) is 5.62. The van der Waals surface area contributed by atoms with E-state index in [1.807, 2.05) is 12.5 Å². The van der Waals surface area contributed by atoms with E-state index in [0.717, 1.165) is 19.6 Å². The molecule has 0 amide bonds. The van der Waals surface area contributed by atoms with Gasteiger partial charge >= 0.3 is 0 Å². The summed E-state index contributed by atoms with van der Waals surface area (Å²) >= 11 is 5.27. The Morgan fingerprint density at radius 2 is 2.44 bits per heavy atom. The third-order valence-electron chi connectivity index (χ3n) is 2.89. The topological polar surface area (TPSA) is 29.9 Å². The minimum absolute atomic E-state index is 0.644. The van der Waals surface area contributed by atoms with E-state index >= 15 is 0 Å². The Morgan fingerprint density at radius 1 is 1.56 bits per heavy atom. The lowest BCUT2D eigenvalue weighted by atomic mass is 10.00. The summed E-state index contributed by atoms with van der Waals surface area (Å²) in [5, 5.41) is 5.42. The molecule has 3 nitrogen and oxygen atoms in total. The molecule has 0 radical (unpaired) electrons. The second kappa shape index (κ2) is 4.31. The first-order chi connectivity index (χ1) is 7.83. The van der Waals surface area contributed by atoms with E-state index in [1.165, 1.54) is 15.0 Å². The molecular weight excluding hydrogens is 286 g/mol. The number of hydrogen-bond acceptors (Lipinski definition) is 3. The Hall–Kier alpha value is -0.650. The Balaban J connectivity index is 1.81. The molecule has 5 heteroatoms. The van der Waals surface area contributed by atoms with Crippen LogP contribution in [-0.4, -0.2) is 22.6 Å². The smallest absolute Gasteiger partial charge is 0.0951 e. The van der Waals surface area contributed by atoms with Gasteiger partial charge in [0.15, 0.2) is 0 Å². The van der Waals surface area contributed by atoms with Gasteiger partial charge in [-0.3, -0.25) is 0 Å². The van der Waals surface area contributed by atoms with Gasteiger partial charge in [-0.1, -0.05) is 0 Å². The number of hydrogen-bond donors (Lipinski definition) is 1. The minimum atomic E-state index is 0.644. The molecule has 3 heterocycles. The lowest BCUT2D eigenvalue weighted by Gasteiger charge is -2.27. The minimum Gasteiger partial charge on any atom is -0.329 e. The van der Waals surface area contributed by atoms with Gasteiger partial charge in [-0.2, -0.15) is 0 Å². The van der Waals surface area contributed by atoms with E-state index in [-0.39, 0.29) is 0 Å². The second-order valence-corrected chi connectivity index (χ2v) is 5.94. The van der Waals surface area contributed by atoms with Crippen LogP contribution in [0.15, 0.2) is 28.4 Å². The first-order valence-corrected chi connectivity index (χ1v) is 6.94. The summed E-state index contributed by atoms with van der Waals surface area (Å²) in [5.74, 6) is 0.644. The molecule has 0 saturated carbocycles. The van der Waals surface area contributed by atoms with Gasteiger partial charge in [-0.25, -0.2) is 4.98 Å². The quantitative estimate of drug-likeness (QED) is 0.943. The molecule has 1 N–H and O–H groups in total. The van der Waals surface area contributed by atoms with Crippen LogP contribution < -0.4 is 5.32 Å². The van der Waals surface area contributed by atoms with E-state index in [1.54, 1.807) is 11.3 Å². The summed E-state index contributed by atoms with van der Waals surface area (Å²) in [6, 6.07) is 2.17. The standard InChI is InChI=1S/C11H12BrN3S/c12-9-1-10(16-6-9)5-15-7-14-4-11(15)8-2-13-3-8/h1,4,6-8,13H,2-3,5H2. The van der Waals surface area contributed by atoms with Gasteiger partial charge in [0, 0.05) is 45.6 Å². The maximum Gasteiger partial charge on any atom is 0.0951 e. The molecule has 16 heavy (non-hydrogen) atoms. The lowest BCUT2D eigenvalue weighted by Crippen LogP contribution is -2.40. The highest BCUT2D eigenvalue weighted by atomic mass is 79.9. The molecule has 1 fully saturated rings. The Kier molecular flexibility index (Phi) is 2.83. The molecule has 3 rings (SSSR count). The summed E-state index contributed by atoms with van der Waals surface area (Å²) in [6.45, 7) is 3.10. The fourth-order valence-electron chi connectivity index (χ4n) is 1.91. The van der Waals surface area contributed by atoms with Gasteiger partial charge in [0.2, 0.25) is 0 Å². The molecule has 84 valence electrons. The Bertz CT molecular complexity index is 487. The van der Waals surface area contributed by atoms with Gasteiger partial charge in [0.1, 0.15) is 0 Å². The SMILES string of the molecule is Brc1csc(Cn2cncc2C2CNC2)c1. The molecule has 0 aromatic carbocycles. The van der Waals surface area contributed by atoms with Crippen molar-refractivity contribution in [1.82, 2.24) is 14.9 Å². The van der Waals surface area contributed by atoms with E-state index in [0.29, 0.717) is 5.92 Å². The zero-order chi connectivity index (χ0) is 11.0. The van der Waals surface area contributed by atoms with Crippen LogP contribution in [0.2, 0.25) is 0 Å². The van der Waals surface area contributed by atoms with E-state index in [2.05, 4.69) is 42.2 Å². The predicted molar refractivity (Wildman–Crippen MR) is 69.0 cm³/mol. The van der Waals surface area contributed by atoms with Gasteiger partial charge in [0.25, 0.3) is 0 Å². The normalized spacial score (nSPS) is 16.3. The fraction of sp³-hybridized carbons (Fsp3) is 0.364. The maximum absolute atomic E-state index is 4.26. The molecular formula is C11H12BrN3S. The maximum atomic E-state index is 4.26. The third-order valence-corrected chi connectivity index (χ3v) is 4.57. The molecule has 0 unspecified atom stereocenters.